The first-order chi connectivity index (χ1) is 15.6. The Bertz CT molecular complexity index is 1150. The minimum absolute atomic E-state index is 0.188. The fourth-order valence-electron chi connectivity index (χ4n) is 4.23. The second kappa shape index (κ2) is 8.25. The molecule has 0 unspecified atom stereocenters. The van der Waals surface area contributed by atoms with E-state index in [-0.39, 0.29) is 18.9 Å². The molecule has 1 aliphatic heterocycles. The van der Waals surface area contributed by atoms with Crippen LogP contribution in [-0.4, -0.2) is 60.8 Å². The van der Waals surface area contributed by atoms with Gasteiger partial charge in [0.1, 0.15) is 17.6 Å². The number of nitrogens with one attached hydrogen (secondary N) is 3. The van der Waals surface area contributed by atoms with Crippen molar-refractivity contribution in [1.82, 2.24) is 29.6 Å². The van der Waals surface area contributed by atoms with E-state index in [9.17, 15) is 9.18 Å². The molecule has 3 N–H and O–H groups in total. The van der Waals surface area contributed by atoms with Crippen molar-refractivity contribution in [3.63, 3.8) is 0 Å². The number of hydrogen-bond donors (Lipinski definition) is 3. The van der Waals surface area contributed by atoms with E-state index in [1.54, 1.807) is 15.8 Å². The minimum Gasteiger partial charge on any atom is -0.362 e. The molecule has 9 nitrogen and oxygen atoms in total. The number of carbonyl (C=O) groups is 1. The second-order valence-corrected chi connectivity index (χ2v) is 8.39. The fraction of sp³-hybridized carbons (Fsp3) is 0.455. The first kappa shape index (κ1) is 20.5. The number of amides is 1. The Morgan fingerprint density at radius 2 is 2.22 bits per heavy atom. The number of likely N-dealkylation sites (tertiary alicyclic amines) is 1. The third-order valence-corrected chi connectivity index (χ3v) is 6.13. The highest BCUT2D eigenvalue weighted by molar-refractivity contribution is 5.93. The van der Waals surface area contributed by atoms with Crippen molar-refractivity contribution in [2.24, 2.45) is 0 Å². The normalized spacial score (nSPS) is 21.0. The van der Waals surface area contributed by atoms with Crippen LogP contribution in [0.5, 0.6) is 0 Å². The highest BCUT2D eigenvalue weighted by Crippen LogP contribution is 2.44. The lowest BCUT2D eigenvalue weighted by Crippen LogP contribution is -2.50. The number of rotatable bonds is 7. The van der Waals surface area contributed by atoms with Crippen LogP contribution in [0.2, 0.25) is 0 Å². The Balaban J connectivity index is 1.48. The largest absolute Gasteiger partial charge is 0.362 e. The molecule has 1 amide bonds. The molecular formula is C22H27FN8O. The number of aryl methyl sites for hydroxylation is 1. The van der Waals surface area contributed by atoms with Crippen LogP contribution < -0.4 is 10.6 Å². The number of aromatic amines is 1. The SMILES string of the molecule is C=CC(=O)N1CC[C@@H](F)[C@@H](Nc2nc(Nc3cnn(CC)c3)nc3[nH]cc(C4CC4)c23)C1. The maximum absolute atomic E-state index is 14.9. The van der Waals surface area contributed by atoms with Crippen LogP contribution >= 0.6 is 0 Å². The molecule has 3 aromatic heterocycles. The number of nitrogens with zero attached hydrogens (tertiary/aromatic N) is 5. The summed E-state index contributed by atoms with van der Waals surface area (Å²) >= 11 is 0. The van der Waals surface area contributed by atoms with Crippen LogP contribution in [0.25, 0.3) is 11.0 Å². The Kier molecular flexibility index (Phi) is 5.28. The molecule has 2 aliphatic rings. The van der Waals surface area contributed by atoms with Gasteiger partial charge in [0.05, 0.1) is 23.3 Å². The summed E-state index contributed by atoms with van der Waals surface area (Å²) in [6, 6.07) is -0.566. The lowest BCUT2D eigenvalue weighted by Gasteiger charge is -2.35. The third kappa shape index (κ3) is 3.92. The zero-order chi connectivity index (χ0) is 22.2. The Labute approximate surface area is 185 Å². The standard InChI is InChI=1S/C22H27FN8O/c1-3-18(32)30-8-7-16(23)17(12-30)27-21-19-15(13-5-6-13)10-24-20(19)28-22(29-21)26-14-9-25-31(4-2)11-14/h3,9-11,13,16-17H,1,4-8,12H2,2H3,(H3,24,26,27,28,29)/t16-,17+/m1/s1. The number of halogens is 1. The van der Waals surface area contributed by atoms with Crippen molar-refractivity contribution >= 4 is 34.4 Å². The molecule has 1 saturated heterocycles. The monoisotopic (exact) mass is 438 g/mol. The molecule has 0 bridgehead atoms. The van der Waals surface area contributed by atoms with Gasteiger partial charge in [-0.15, -0.1) is 0 Å². The van der Waals surface area contributed by atoms with Gasteiger partial charge < -0.3 is 20.5 Å². The Hall–Kier alpha value is -3.43. The Morgan fingerprint density at radius 3 is 2.94 bits per heavy atom. The maximum Gasteiger partial charge on any atom is 0.246 e. The van der Waals surface area contributed by atoms with Crippen molar-refractivity contribution in [3.05, 3.63) is 36.8 Å². The van der Waals surface area contributed by atoms with Gasteiger partial charge in [-0.05, 0) is 43.7 Å². The number of hydrogen-bond acceptors (Lipinski definition) is 6. The molecule has 3 aromatic rings. The maximum atomic E-state index is 14.9. The first-order valence-corrected chi connectivity index (χ1v) is 11.1. The summed E-state index contributed by atoms with van der Waals surface area (Å²) in [5.41, 5.74) is 2.62. The lowest BCUT2D eigenvalue weighted by molar-refractivity contribution is -0.127. The van der Waals surface area contributed by atoms with Crippen molar-refractivity contribution in [1.29, 1.82) is 0 Å². The number of carbonyl (C=O) groups excluding carboxylic acids is 1. The minimum atomic E-state index is -1.09. The molecular weight excluding hydrogens is 411 g/mol. The lowest BCUT2D eigenvalue weighted by atomic mass is 10.0. The quantitative estimate of drug-likeness (QED) is 0.489. The van der Waals surface area contributed by atoms with E-state index in [4.69, 9.17) is 4.98 Å². The molecule has 2 fully saturated rings. The highest BCUT2D eigenvalue weighted by Gasteiger charge is 2.33. The summed E-state index contributed by atoms with van der Waals surface area (Å²) < 4.78 is 16.7. The van der Waals surface area contributed by atoms with E-state index in [0.717, 1.165) is 36.0 Å². The molecule has 0 spiro atoms. The number of fused-ring (bicyclic) bond motifs is 1. The van der Waals surface area contributed by atoms with Gasteiger partial charge >= 0.3 is 0 Å². The topological polar surface area (TPSA) is 104 Å². The number of alkyl halides is 1. The predicted molar refractivity (Wildman–Crippen MR) is 121 cm³/mol. The third-order valence-electron chi connectivity index (χ3n) is 6.13. The van der Waals surface area contributed by atoms with Crippen LogP contribution in [0, 0.1) is 0 Å². The molecule has 2 atom stereocenters. The van der Waals surface area contributed by atoms with Gasteiger partial charge in [-0.2, -0.15) is 15.1 Å². The summed E-state index contributed by atoms with van der Waals surface area (Å²) in [4.78, 5) is 26.3. The second-order valence-electron chi connectivity index (χ2n) is 8.39. The van der Waals surface area contributed by atoms with Gasteiger partial charge in [0.15, 0.2) is 0 Å². The molecule has 32 heavy (non-hydrogen) atoms. The number of piperidine rings is 1. The molecule has 1 aliphatic carbocycles. The summed E-state index contributed by atoms with van der Waals surface area (Å²) in [5, 5.41) is 11.7. The summed E-state index contributed by atoms with van der Waals surface area (Å²) in [5.74, 6) is 1.25. The van der Waals surface area contributed by atoms with Crippen LogP contribution in [0.4, 0.5) is 21.8 Å². The summed E-state index contributed by atoms with van der Waals surface area (Å²) in [6.45, 7) is 6.96. The van der Waals surface area contributed by atoms with Crippen molar-refractivity contribution < 1.29 is 9.18 Å². The van der Waals surface area contributed by atoms with E-state index in [0.29, 0.717) is 29.9 Å². The smallest absolute Gasteiger partial charge is 0.246 e. The summed E-state index contributed by atoms with van der Waals surface area (Å²) in [6.07, 6.45) is 8.27. The molecule has 168 valence electrons. The molecule has 5 rings (SSSR count). The highest BCUT2D eigenvalue weighted by atomic mass is 19.1. The number of aromatic nitrogens is 5. The van der Waals surface area contributed by atoms with Gasteiger partial charge in [-0.25, -0.2) is 4.39 Å². The average molecular weight is 439 g/mol. The van der Waals surface area contributed by atoms with Gasteiger partial charge in [0, 0.05) is 32.0 Å². The van der Waals surface area contributed by atoms with Gasteiger partial charge in [0.25, 0.3) is 0 Å². The predicted octanol–water partition coefficient (Wildman–Crippen LogP) is 3.33. The van der Waals surface area contributed by atoms with E-state index in [1.165, 1.54) is 6.08 Å². The van der Waals surface area contributed by atoms with E-state index in [1.807, 2.05) is 19.3 Å². The summed E-state index contributed by atoms with van der Waals surface area (Å²) in [7, 11) is 0. The zero-order valence-corrected chi connectivity index (χ0v) is 18.0. The molecule has 1 saturated carbocycles. The van der Waals surface area contributed by atoms with Crippen LogP contribution in [0.1, 0.15) is 37.7 Å². The van der Waals surface area contributed by atoms with E-state index < -0.39 is 12.2 Å². The first-order valence-electron chi connectivity index (χ1n) is 11.1. The fourth-order valence-corrected chi connectivity index (χ4v) is 4.23. The average Bonchev–Trinajstić information content (AvgIpc) is 3.39. The Morgan fingerprint density at radius 1 is 1.38 bits per heavy atom. The molecule has 10 heteroatoms. The number of anilines is 3. The van der Waals surface area contributed by atoms with Crippen molar-refractivity contribution in [2.75, 3.05) is 23.7 Å². The zero-order valence-electron chi connectivity index (χ0n) is 18.0. The van der Waals surface area contributed by atoms with Gasteiger partial charge in [-0.3, -0.25) is 9.48 Å². The van der Waals surface area contributed by atoms with Crippen molar-refractivity contribution in [2.45, 2.75) is 50.9 Å². The van der Waals surface area contributed by atoms with Crippen molar-refractivity contribution in [3.8, 4) is 0 Å². The number of H-pyrrole nitrogens is 1. The molecule has 0 radical (unpaired) electrons. The van der Waals surface area contributed by atoms with E-state index >= 15 is 0 Å². The van der Waals surface area contributed by atoms with Gasteiger partial charge in [0.2, 0.25) is 11.9 Å². The molecule has 0 aromatic carbocycles. The van der Waals surface area contributed by atoms with Crippen LogP contribution in [0.15, 0.2) is 31.2 Å². The van der Waals surface area contributed by atoms with E-state index in [2.05, 4.69) is 32.3 Å². The van der Waals surface area contributed by atoms with Crippen LogP contribution in [-0.2, 0) is 11.3 Å². The van der Waals surface area contributed by atoms with Crippen LogP contribution in [0.3, 0.4) is 0 Å². The molecule has 4 heterocycles. The van der Waals surface area contributed by atoms with Gasteiger partial charge in [-0.1, -0.05) is 6.58 Å².